The Hall–Kier alpha value is -0.670. The molecule has 1 aromatic heterocycles. The van der Waals surface area contributed by atoms with Crippen LogP contribution in [-0.2, 0) is 21.8 Å². The van der Waals surface area contributed by atoms with E-state index in [9.17, 15) is 8.42 Å². The Morgan fingerprint density at radius 3 is 2.76 bits per heavy atom. The molecule has 1 heterocycles. The highest BCUT2D eigenvalue weighted by atomic mass is 35.5. The summed E-state index contributed by atoms with van der Waals surface area (Å²) in [4.78, 5) is 0. The predicted molar refractivity (Wildman–Crippen MR) is 61.3 cm³/mol. The van der Waals surface area contributed by atoms with Crippen molar-refractivity contribution >= 4 is 21.6 Å². The summed E-state index contributed by atoms with van der Waals surface area (Å²) in [6.45, 7) is -0.312. The summed E-state index contributed by atoms with van der Waals surface area (Å²) < 4.78 is 32.1. The number of sulfonamides is 1. The molecule has 1 unspecified atom stereocenters. The molecule has 0 fully saturated rings. The molecule has 1 aromatic rings. The van der Waals surface area contributed by atoms with E-state index in [1.54, 1.807) is 0 Å². The number of halogens is 1. The zero-order valence-electron chi connectivity index (χ0n) is 9.42. The lowest BCUT2D eigenvalue weighted by Crippen LogP contribution is -2.41. The van der Waals surface area contributed by atoms with Gasteiger partial charge in [-0.15, -0.1) is 0 Å². The SMILES string of the molecule is COCC(CO)NS(=O)(=O)c1c(Cl)cnn1C. The fourth-order valence-corrected chi connectivity index (χ4v) is 3.17. The number of ether oxygens (including phenoxy) is 1. The maximum Gasteiger partial charge on any atom is 0.259 e. The van der Waals surface area contributed by atoms with Crippen LogP contribution < -0.4 is 4.72 Å². The Kier molecular flexibility index (Phi) is 4.90. The van der Waals surface area contributed by atoms with Crippen molar-refractivity contribution in [3.8, 4) is 0 Å². The molecule has 0 amide bonds. The molecule has 0 aromatic carbocycles. The third kappa shape index (κ3) is 3.39. The van der Waals surface area contributed by atoms with Crippen LogP contribution in [-0.4, -0.2) is 49.7 Å². The van der Waals surface area contributed by atoms with E-state index in [4.69, 9.17) is 21.4 Å². The average molecular weight is 284 g/mol. The van der Waals surface area contributed by atoms with Crippen LogP contribution >= 0.6 is 11.6 Å². The minimum Gasteiger partial charge on any atom is -0.395 e. The Balaban J connectivity index is 2.96. The van der Waals surface area contributed by atoms with Crippen LogP contribution in [0.4, 0.5) is 0 Å². The Labute approximate surface area is 104 Å². The third-order valence-corrected chi connectivity index (χ3v) is 4.03. The molecule has 98 valence electrons. The first-order chi connectivity index (χ1) is 7.92. The zero-order valence-corrected chi connectivity index (χ0v) is 11.0. The van der Waals surface area contributed by atoms with Gasteiger partial charge in [-0.05, 0) is 0 Å². The molecule has 9 heteroatoms. The van der Waals surface area contributed by atoms with Gasteiger partial charge in [0.2, 0.25) is 0 Å². The van der Waals surface area contributed by atoms with Crippen molar-refractivity contribution < 1.29 is 18.3 Å². The molecular formula is C8H14ClN3O4S. The van der Waals surface area contributed by atoms with Crippen LogP contribution in [0.2, 0.25) is 5.02 Å². The van der Waals surface area contributed by atoms with E-state index in [-0.39, 0.29) is 23.3 Å². The van der Waals surface area contributed by atoms with Crippen molar-refractivity contribution in [3.05, 3.63) is 11.2 Å². The highest BCUT2D eigenvalue weighted by molar-refractivity contribution is 7.89. The van der Waals surface area contributed by atoms with Crippen molar-refractivity contribution in [2.24, 2.45) is 7.05 Å². The van der Waals surface area contributed by atoms with E-state index in [0.29, 0.717) is 0 Å². The molecule has 7 nitrogen and oxygen atoms in total. The Morgan fingerprint density at radius 1 is 1.71 bits per heavy atom. The highest BCUT2D eigenvalue weighted by Crippen LogP contribution is 2.19. The first-order valence-electron chi connectivity index (χ1n) is 4.72. The summed E-state index contributed by atoms with van der Waals surface area (Å²) in [6, 6.07) is -0.726. The molecule has 0 aliphatic heterocycles. The molecule has 17 heavy (non-hydrogen) atoms. The van der Waals surface area contributed by atoms with Gasteiger partial charge < -0.3 is 9.84 Å². The fraction of sp³-hybridized carbons (Fsp3) is 0.625. The van der Waals surface area contributed by atoms with Crippen LogP contribution in [0.25, 0.3) is 0 Å². The average Bonchev–Trinajstić information content (AvgIpc) is 2.58. The number of hydrogen-bond acceptors (Lipinski definition) is 5. The van der Waals surface area contributed by atoms with Crippen LogP contribution in [0.1, 0.15) is 0 Å². The molecule has 0 saturated heterocycles. The second kappa shape index (κ2) is 5.78. The fourth-order valence-electron chi connectivity index (χ4n) is 1.30. The maximum absolute atomic E-state index is 12.0. The minimum atomic E-state index is -3.83. The smallest absolute Gasteiger partial charge is 0.259 e. The third-order valence-electron chi connectivity index (χ3n) is 2.01. The van der Waals surface area contributed by atoms with Crippen molar-refractivity contribution in [3.63, 3.8) is 0 Å². The van der Waals surface area contributed by atoms with Gasteiger partial charge in [-0.2, -0.15) is 5.10 Å². The van der Waals surface area contributed by atoms with Crippen molar-refractivity contribution in [1.29, 1.82) is 0 Å². The molecule has 0 saturated carbocycles. The minimum absolute atomic E-state index is 0.0223. The number of hydrogen-bond donors (Lipinski definition) is 2. The van der Waals surface area contributed by atoms with Gasteiger partial charge in [-0.25, -0.2) is 13.1 Å². The predicted octanol–water partition coefficient (Wildman–Crippen LogP) is -0.641. The molecule has 0 aliphatic rings. The highest BCUT2D eigenvalue weighted by Gasteiger charge is 2.25. The number of nitrogens with zero attached hydrogens (tertiary/aromatic N) is 2. The molecule has 0 spiro atoms. The first-order valence-corrected chi connectivity index (χ1v) is 6.58. The summed E-state index contributed by atoms with van der Waals surface area (Å²) in [5.74, 6) is 0. The molecule has 0 aliphatic carbocycles. The molecule has 1 atom stereocenters. The normalized spacial score (nSPS) is 13.9. The van der Waals surface area contributed by atoms with Crippen molar-refractivity contribution in [2.75, 3.05) is 20.3 Å². The number of nitrogens with one attached hydrogen (secondary N) is 1. The van der Waals surface area contributed by atoms with E-state index in [0.717, 1.165) is 4.68 Å². The van der Waals surface area contributed by atoms with E-state index >= 15 is 0 Å². The van der Waals surface area contributed by atoms with Gasteiger partial charge >= 0.3 is 0 Å². The van der Waals surface area contributed by atoms with Crippen LogP contribution in [0.15, 0.2) is 11.2 Å². The second-order valence-electron chi connectivity index (χ2n) is 3.38. The lowest BCUT2D eigenvalue weighted by molar-refractivity contribution is 0.139. The monoisotopic (exact) mass is 283 g/mol. The quantitative estimate of drug-likeness (QED) is 0.724. The van der Waals surface area contributed by atoms with Crippen molar-refractivity contribution in [2.45, 2.75) is 11.1 Å². The van der Waals surface area contributed by atoms with E-state index in [1.807, 2.05) is 0 Å². The summed E-state index contributed by atoms with van der Waals surface area (Å²) in [5, 5.41) is 12.6. The molecule has 0 radical (unpaired) electrons. The number of methoxy groups -OCH3 is 1. The zero-order chi connectivity index (χ0) is 13.1. The van der Waals surface area contributed by atoms with Gasteiger partial charge in [0.15, 0.2) is 5.03 Å². The molecule has 1 rings (SSSR count). The van der Waals surface area contributed by atoms with E-state index < -0.39 is 16.1 Å². The number of aliphatic hydroxyl groups excluding tert-OH is 1. The summed E-state index contributed by atoms with van der Waals surface area (Å²) >= 11 is 5.74. The Bertz CT molecular complexity index is 454. The first kappa shape index (κ1) is 14.4. The van der Waals surface area contributed by atoms with Gasteiger partial charge in [0.25, 0.3) is 10.0 Å². The standard InChI is InChI=1S/C8H14ClN3O4S/c1-12-8(7(9)3-10-12)17(14,15)11-6(4-13)5-16-2/h3,6,11,13H,4-5H2,1-2H3. The topological polar surface area (TPSA) is 93.4 Å². The van der Waals surface area contributed by atoms with Gasteiger partial charge in [-0.3, -0.25) is 4.68 Å². The van der Waals surface area contributed by atoms with Gasteiger partial charge in [0, 0.05) is 14.2 Å². The number of rotatable bonds is 6. The van der Waals surface area contributed by atoms with E-state index in [2.05, 4.69) is 9.82 Å². The second-order valence-corrected chi connectivity index (χ2v) is 5.41. The maximum atomic E-state index is 12.0. The molecule has 0 bridgehead atoms. The summed E-state index contributed by atoms with van der Waals surface area (Å²) in [6.07, 6.45) is 1.24. The van der Waals surface area contributed by atoms with E-state index in [1.165, 1.54) is 20.4 Å². The number of aromatic nitrogens is 2. The number of aliphatic hydroxyl groups is 1. The number of aryl methyl sites for hydroxylation is 1. The summed E-state index contributed by atoms with van der Waals surface area (Å²) in [7, 11) is -0.960. The lowest BCUT2D eigenvalue weighted by Gasteiger charge is -2.15. The van der Waals surface area contributed by atoms with Gasteiger partial charge in [0.1, 0.15) is 0 Å². The lowest BCUT2D eigenvalue weighted by atomic mass is 10.4. The molecule has 2 N–H and O–H groups in total. The van der Waals surface area contributed by atoms with Crippen LogP contribution in [0, 0.1) is 0 Å². The van der Waals surface area contributed by atoms with Crippen molar-refractivity contribution in [1.82, 2.24) is 14.5 Å². The van der Waals surface area contributed by atoms with Gasteiger partial charge in [0.05, 0.1) is 30.5 Å². The Morgan fingerprint density at radius 2 is 2.35 bits per heavy atom. The summed E-state index contributed by atoms with van der Waals surface area (Å²) in [5.41, 5.74) is 0. The van der Waals surface area contributed by atoms with Crippen LogP contribution in [0.5, 0.6) is 0 Å². The van der Waals surface area contributed by atoms with Crippen LogP contribution in [0.3, 0.4) is 0 Å². The molecular weight excluding hydrogens is 270 g/mol. The largest absolute Gasteiger partial charge is 0.395 e. The van der Waals surface area contributed by atoms with Gasteiger partial charge in [-0.1, -0.05) is 11.6 Å².